The molecule has 0 bridgehead atoms. The van der Waals surface area contributed by atoms with Crippen LogP contribution in [0.5, 0.6) is 0 Å². The standard InChI is InChI=1S/C16H20ClNO2/c1-2-3-4-8-11-18-15(19)12-14(17)16(18,20)13-9-6-5-7-10-13/h5-7,9-10,12,20H,2-4,8,11H2,1H3. The van der Waals surface area contributed by atoms with Crippen LogP contribution in [-0.4, -0.2) is 22.5 Å². The Morgan fingerprint density at radius 3 is 2.55 bits per heavy atom. The summed E-state index contributed by atoms with van der Waals surface area (Å²) in [5.41, 5.74) is -0.880. The molecule has 1 atom stereocenters. The molecule has 1 aliphatic rings. The predicted octanol–water partition coefficient (Wildman–Crippen LogP) is 3.38. The third kappa shape index (κ3) is 2.74. The minimum Gasteiger partial charge on any atom is -0.362 e. The van der Waals surface area contributed by atoms with Crippen LogP contribution in [0.25, 0.3) is 0 Å². The number of benzene rings is 1. The molecule has 1 unspecified atom stereocenters. The Kier molecular flexibility index (Phi) is 4.84. The lowest BCUT2D eigenvalue weighted by Crippen LogP contribution is -2.45. The van der Waals surface area contributed by atoms with Gasteiger partial charge in [0.2, 0.25) is 5.72 Å². The van der Waals surface area contributed by atoms with E-state index in [1.807, 2.05) is 18.2 Å². The second kappa shape index (κ2) is 6.42. The van der Waals surface area contributed by atoms with E-state index in [1.54, 1.807) is 12.1 Å². The van der Waals surface area contributed by atoms with Crippen molar-refractivity contribution in [1.82, 2.24) is 4.90 Å². The molecule has 2 rings (SSSR count). The van der Waals surface area contributed by atoms with Gasteiger partial charge in [0, 0.05) is 18.2 Å². The number of amides is 1. The van der Waals surface area contributed by atoms with Crippen molar-refractivity contribution in [2.75, 3.05) is 6.54 Å². The van der Waals surface area contributed by atoms with Crippen molar-refractivity contribution >= 4 is 17.5 Å². The maximum atomic E-state index is 12.0. The molecule has 1 heterocycles. The fourth-order valence-electron chi connectivity index (χ4n) is 2.51. The Hall–Kier alpha value is -1.32. The first-order valence-corrected chi connectivity index (χ1v) is 7.45. The number of nitrogens with zero attached hydrogens (tertiary/aromatic N) is 1. The number of hydrogen-bond acceptors (Lipinski definition) is 2. The van der Waals surface area contributed by atoms with E-state index in [0.717, 1.165) is 25.7 Å². The minimum absolute atomic E-state index is 0.171. The molecule has 3 nitrogen and oxygen atoms in total. The van der Waals surface area contributed by atoms with Crippen LogP contribution in [-0.2, 0) is 10.5 Å². The molecule has 0 aliphatic carbocycles. The van der Waals surface area contributed by atoms with Gasteiger partial charge in [-0.15, -0.1) is 0 Å². The van der Waals surface area contributed by atoms with E-state index < -0.39 is 5.72 Å². The topological polar surface area (TPSA) is 40.5 Å². The summed E-state index contributed by atoms with van der Waals surface area (Å²) in [6.07, 6.45) is 5.49. The van der Waals surface area contributed by atoms with Crippen LogP contribution in [0.15, 0.2) is 41.4 Å². The van der Waals surface area contributed by atoms with Crippen LogP contribution < -0.4 is 0 Å². The van der Waals surface area contributed by atoms with Gasteiger partial charge < -0.3 is 10.0 Å². The molecule has 0 saturated heterocycles. The maximum Gasteiger partial charge on any atom is 0.250 e. The van der Waals surface area contributed by atoms with Crippen molar-refractivity contribution in [3.05, 3.63) is 47.0 Å². The molecule has 108 valence electrons. The molecule has 20 heavy (non-hydrogen) atoms. The first-order chi connectivity index (χ1) is 9.60. The number of carbonyl (C=O) groups is 1. The van der Waals surface area contributed by atoms with E-state index in [-0.39, 0.29) is 10.9 Å². The summed E-state index contributed by atoms with van der Waals surface area (Å²) in [7, 11) is 0. The monoisotopic (exact) mass is 293 g/mol. The summed E-state index contributed by atoms with van der Waals surface area (Å²) in [5.74, 6) is -0.224. The Labute approximate surface area is 124 Å². The molecule has 0 fully saturated rings. The van der Waals surface area contributed by atoms with Crippen LogP contribution in [0.2, 0.25) is 0 Å². The fourth-order valence-corrected chi connectivity index (χ4v) is 2.81. The second-order valence-corrected chi connectivity index (χ2v) is 5.49. The van der Waals surface area contributed by atoms with Gasteiger partial charge in [-0.1, -0.05) is 68.1 Å². The first kappa shape index (κ1) is 15.1. The highest BCUT2D eigenvalue weighted by Gasteiger charge is 2.46. The van der Waals surface area contributed by atoms with E-state index in [9.17, 15) is 9.90 Å². The molecule has 1 aliphatic heterocycles. The van der Waals surface area contributed by atoms with Crippen LogP contribution in [0.1, 0.15) is 38.2 Å². The predicted molar refractivity (Wildman–Crippen MR) is 80.1 cm³/mol. The smallest absolute Gasteiger partial charge is 0.250 e. The molecular weight excluding hydrogens is 274 g/mol. The number of carbonyl (C=O) groups excluding carboxylic acids is 1. The van der Waals surface area contributed by atoms with Crippen molar-refractivity contribution in [3.8, 4) is 0 Å². The lowest BCUT2D eigenvalue weighted by Gasteiger charge is -2.35. The quantitative estimate of drug-likeness (QED) is 0.817. The zero-order valence-corrected chi connectivity index (χ0v) is 12.4. The van der Waals surface area contributed by atoms with Gasteiger partial charge in [-0.25, -0.2) is 0 Å². The molecule has 1 aromatic rings. The third-order valence-corrected chi connectivity index (χ3v) is 4.02. The van der Waals surface area contributed by atoms with Gasteiger partial charge in [-0.05, 0) is 6.42 Å². The summed E-state index contributed by atoms with van der Waals surface area (Å²) >= 11 is 6.13. The summed E-state index contributed by atoms with van der Waals surface area (Å²) < 4.78 is 0. The molecule has 4 heteroatoms. The summed E-state index contributed by atoms with van der Waals surface area (Å²) in [4.78, 5) is 13.5. The van der Waals surface area contributed by atoms with E-state index in [4.69, 9.17) is 11.6 Å². The molecule has 0 saturated carbocycles. The van der Waals surface area contributed by atoms with Crippen molar-refractivity contribution < 1.29 is 9.90 Å². The molecule has 0 spiro atoms. The van der Waals surface area contributed by atoms with Gasteiger partial charge in [-0.3, -0.25) is 4.79 Å². The lowest BCUT2D eigenvalue weighted by atomic mass is 10.0. The number of aliphatic hydroxyl groups is 1. The van der Waals surface area contributed by atoms with Crippen LogP contribution in [0, 0.1) is 0 Å². The maximum absolute atomic E-state index is 12.0. The normalized spacial score (nSPS) is 22.2. The van der Waals surface area contributed by atoms with Crippen LogP contribution >= 0.6 is 11.6 Å². The van der Waals surface area contributed by atoms with Gasteiger partial charge in [-0.2, -0.15) is 0 Å². The summed E-state index contributed by atoms with van der Waals surface area (Å²) in [6.45, 7) is 2.65. The zero-order valence-electron chi connectivity index (χ0n) is 11.7. The minimum atomic E-state index is -1.51. The Morgan fingerprint density at radius 2 is 1.90 bits per heavy atom. The molecule has 1 amide bonds. The number of unbranched alkanes of at least 4 members (excludes halogenated alkanes) is 3. The third-order valence-electron chi connectivity index (χ3n) is 3.65. The summed E-state index contributed by atoms with van der Waals surface area (Å²) in [6, 6.07) is 9.10. The highest BCUT2D eigenvalue weighted by atomic mass is 35.5. The van der Waals surface area contributed by atoms with Crippen LogP contribution in [0.4, 0.5) is 0 Å². The Morgan fingerprint density at radius 1 is 1.20 bits per heavy atom. The van der Waals surface area contributed by atoms with E-state index in [2.05, 4.69) is 6.92 Å². The number of halogens is 1. The van der Waals surface area contributed by atoms with Crippen LogP contribution in [0.3, 0.4) is 0 Å². The van der Waals surface area contributed by atoms with E-state index in [1.165, 1.54) is 11.0 Å². The number of rotatable bonds is 6. The van der Waals surface area contributed by atoms with Crippen molar-refractivity contribution in [2.45, 2.75) is 38.3 Å². The summed E-state index contributed by atoms with van der Waals surface area (Å²) in [5, 5.41) is 11.1. The highest BCUT2D eigenvalue weighted by molar-refractivity contribution is 6.33. The Balaban J connectivity index is 2.19. The first-order valence-electron chi connectivity index (χ1n) is 7.08. The molecular formula is C16H20ClNO2. The molecule has 1 N–H and O–H groups in total. The second-order valence-electron chi connectivity index (χ2n) is 5.08. The van der Waals surface area contributed by atoms with E-state index in [0.29, 0.717) is 12.1 Å². The molecule has 0 aromatic heterocycles. The van der Waals surface area contributed by atoms with Crippen molar-refractivity contribution in [1.29, 1.82) is 0 Å². The molecule has 1 aromatic carbocycles. The largest absolute Gasteiger partial charge is 0.362 e. The van der Waals surface area contributed by atoms with E-state index >= 15 is 0 Å². The molecule has 0 radical (unpaired) electrons. The average molecular weight is 294 g/mol. The van der Waals surface area contributed by atoms with Gasteiger partial charge in [0.05, 0.1) is 5.03 Å². The average Bonchev–Trinajstić information content (AvgIpc) is 2.68. The van der Waals surface area contributed by atoms with Gasteiger partial charge in [0.1, 0.15) is 0 Å². The van der Waals surface area contributed by atoms with Gasteiger partial charge in [0.15, 0.2) is 0 Å². The SMILES string of the molecule is CCCCCCN1C(=O)C=C(Cl)C1(O)c1ccccc1. The van der Waals surface area contributed by atoms with Crippen molar-refractivity contribution in [2.24, 2.45) is 0 Å². The lowest BCUT2D eigenvalue weighted by molar-refractivity contribution is -0.143. The fraction of sp³-hybridized carbons (Fsp3) is 0.438. The number of hydrogen-bond donors (Lipinski definition) is 1. The van der Waals surface area contributed by atoms with Gasteiger partial charge >= 0.3 is 0 Å². The Bertz CT molecular complexity index is 500. The van der Waals surface area contributed by atoms with Crippen molar-refractivity contribution in [3.63, 3.8) is 0 Å². The highest BCUT2D eigenvalue weighted by Crippen LogP contribution is 2.40. The van der Waals surface area contributed by atoms with Gasteiger partial charge in [0.25, 0.3) is 5.91 Å². The zero-order chi connectivity index (χ0) is 14.6.